The lowest BCUT2D eigenvalue weighted by Crippen LogP contribution is -2.53. The Morgan fingerprint density at radius 3 is 2.71 bits per heavy atom. The number of imidazole rings is 2. The molecule has 6 rings (SSSR count). The third-order valence-corrected chi connectivity index (χ3v) is 7.28. The van der Waals surface area contributed by atoms with E-state index in [2.05, 4.69) is 66.9 Å². The highest BCUT2D eigenvalue weighted by Gasteiger charge is 2.22. The first kappa shape index (κ1) is 24.5. The van der Waals surface area contributed by atoms with E-state index in [-0.39, 0.29) is 0 Å². The molecule has 4 aromatic rings. The summed E-state index contributed by atoms with van der Waals surface area (Å²) in [4.78, 5) is 18.5. The highest BCUT2D eigenvalue weighted by Crippen LogP contribution is 2.23. The number of hydrogen-bond donors (Lipinski definition) is 1. The molecule has 1 fully saturated rings. The molecular formula is C29H33FN8. The standard InChI is InChI=1S/C29H33FN8/c1-2-13-38-25-19-22(20-35-15-17-36(18-16-35)27-8-3-4-11-31-27)9-10-23(25)34-28(38)21-37-14-12-32-29(37)24-6-5-7-26(30)33-24/h3-12,14,19,27,31H,2,13,15-18,20-21H2,1H3. The number of fused-ring (bicyclic) bond motifs is 1. The molecule has 196 valence electrons. The summed E-state index contributed by atoms with van der Waals surface area (Å²) in [5.74, 6) is 1.09. The monoisotopic (exact) mass is 512 g/mol. The topological polar surface area (TPSA) is 67.0 Å². The summed E-state index contributed by atoms with van der Waals surface area (Å²) in [5.41, 5.74) is 3.98. The molecule has 5 heterocycles. The number of piperazine rings is 1. The van der Waals surface area contributed by atoms with Gasteiger partial charge in [-0.05, 0) is 54.6 Å². The third kappa shape index (κ3) is 5.12. The Morgan fingerprint density at radius 2 is 1.92 bits per heavy atom. The van der Waals surface area contributed by atoms with E-state index in [1.165, 1.54) is 11.6 Å². The van der Waals surface area contributed by atoms with Crippen molar-refractivity contribution in [2.75, 3.05) is 26.2 Å². The summed E-state index contributed by atoms with van der Waals surface area (Å²) in [6.45, 7) is 8.72. The first-order valence-electron chi connectivity index (χ1n) is 13.4. The molecule has 0 amide bonds. The van der Waals surface area contributed by atoms with E-state index in [9.17, 15) is 4.39 Å². The van der Waals surface area contributed by atoms with Gasteiger partial charge in [0.25, 0.3) is 0 Å². The van der Waals surface area contributed by atoms with Crippen LogP contribution in [0.5, 0.6) is 0 Å². The van der Waals surface area contributed by atoms with Crippen LogP contribution in [0.2, 0.25) is 0 Å². The highest BCUT2D eigenvalue weighted by atomic mass is 19.1. The maximum absolute atomic E-state index is 13.8. The van der Waals surface area contributed by atoms with E-state index in [0.29, 0.717) is 24.2 Å². The van der Waals surface area contributed by atoms with Crippen molar-refractivity contribution >= 4 is 11.0 Å². The van der Waals surface area contributed by atoms with Gasteiger partial charge in [0.15, 0.2) is 5.82 Å². The molecule has 1 saturated heterocycles. The molecule has 0 saturated carbocycles. The van der Waals surface area contributed by atoms with Crippen LogP contribution in [0.25, 0.3) is 22.6 Å². The Bertz CT molecular complexity index is 1460. The minimum absolute atomic E-state index is 0.299. The van der Waals surface area contributed by atoms with Crippen LogP contribution in [0, 0.1) is 5.95 Å². The van der Waals surface area contributed by atoms with Gasteiger partial charge < -0.3 is 14.5 Å². The summed E-state index contributed by atoms with van der Waals surface area (Å²) in [6.07, 6.45) is 13.3. The predicted octanol–water partition coefficient (Wildman–Crippen LogP) is 4.01. The fourth-order valence-corrected chi connectivity index (χ4v) is 5.39. The average molecular weight is 513 g/mol. The molecule has 3 aromatic heterocycles. The number of rotatable bonds is 8. The van der Waals surface area contributed by atoms with Crippen LogP contribution in [-0.2, 0) is 19.6 Å². The van der Waals surface area contributed by atoms with Gasteiger partial charge in [0.2, 0.25) is 5.95 Å². The van der Waals surface area contributed by atoms with Crippen molar-refractivity contribution in [1.29, 1.82) is 0 Å². The first-order chi connectivity index (χ1) is 18.7. The zero-order valence-corrected chi connectivity index (χ0v) is 21.7. The van der Waals surface area contributed by atoms with E-state index in [4.69, 9.17) is 4.98 Å². The molecule has 2 aliphatic rings. The summed E-state index contributed by atoms with van der Waals surface area (Å²) in [7, 11) is 0. The van der Waals surface area contributed by atoms with Crippen LogP contribution in [0.4, 0.5) is 4.39 Å². The second-order valence-electron chi connectivity index (χ2n) is 9.89. The highest BCUT2D eigenvalue weighted by molar-refractivity contribution is 5.77. The van der Waals surface area contributed by atoms with Crippen molar-refractivity contribution in [1.82, 2.24) is 39.2 Å². The number of hydrogen-bond acceptors (Lipinski definition) is 6. The van der Waals surface area contributed by atoms with Gasteiger partial charge in [0.1, 0.15) is 11.5 Å². The Labute approximate surface area is 222 Å². The van der Waals surface area contributed by atoms with Gasteiger partial charge in [0.05, 0.1) is 23.7 Å². The summed E-state index contributed by atoms with van der Waals surface area (Å²) < 4.78 is 18.1. The SMILES string of the molecule is CCCn1c(Cn2ccnc2-c2cccc(F)n2)nc2ccc(CN3CCN(C4C=CC=CN4)CC3)cc21. The fraction of sp³-hybridized carbons (Fsp3) is 0.345. The lowest BCUT2D eigenvalue weighted by atomic mass is 10.1. The van der Waals surface area contributed by atoms with Crippen LogP contribution >= 0.6 is 0 Å². The molecule has 2 aliphatic heterocycles. The number of halogens is 1. The van der Waals surface area contributed by atoms with Gasteiger partial charge in [0, 0.05) is 51.7 Å². The molecular weight excluding hydrogens is 479 g/mol. The largest absolute Gasteiger partial charge is 0.372 e. The third-order valence-electron chi connectivity index (χ3n) is 7.28. The Balaban J connectivity index is 1.20. The summed E-state index contributed by atoms with van der Waals surface area (Å²) in [6, 6.07) is 11.4. The van der Waals surface area contributed by atoms with Gasteiger partial charge in [-0.25, -0.2) is 15.0 Å². The Morgan fingerprint density at radius 1 is 1.03 bits per heavy atom. The average Bonchev–Trinajstić information content (AvgIpc) is 3.54. The van der Waals surface area contributed by atoms with E-state index >= 15 is 0 Å². The quantitative estimate of drug-likeness (QED) is 0.360. The van der Waals surface area contributed by atoms with Crippen molar-refractivity contribution in [2.45, 2.75) is 39.1 Å². The van der Waals surface area contributed by atoms with Gasteiger partial charge in [-0.1, -0.05) is 25.1 Å². The van der Waals surface area contributed by atoms with Gasteiger partial charge in [-0.15, -0.1) is 0 Å². The van der Waals surface area contributed by atoms with Crippen LogP contribution in [0.3, 0.4) is 0 Å². The van der Waals surface area contributed by atoms with Crippen LogP contribution < -0.4 is 5.32 Å². The Hall–Kier alpha value is -3.82. The smallest absolute Gasteiger partial charge is 0.213 e. The first-order valence-corrected chi connectivity index (χ1v) is 13.4. The van der Waals surface area contributed by atoms with Crippen LogP contribution in [0.1, 0.15) is 24.7 Å². The fourth-order valence-electron chi connectivity index (χ4n) is 5.39. The van der Waals surface area contributed by atoms with E-state index in [1.54, 1.807) is 18.3 Å². The molecule has 1 unspecified atom stereocenters. The van der Waals surface area contributed by atoms with Crippen molar-refractivity contribution in [2.24, 2.45) is 0 Å². The van der Waals surface area contributed by atoms with Gasteiger partial charge in [-0.2, -0.15) is 4.39 Å². The molecule has 38 heavy (non-hydrogen) atoms. The maximum Gasteiger partial charge on any atom is 0.213 e. The molecule has 1 atom stereocenters. The number of nitrogens with zero attached hydrogens (tertiary/aromatic N) is 7. The van der Waals surface area contributed by atoms with E-state index in [0.717, 1.165) is 62.5 Å². The summed E-state index contributed by atoms with van der Waals surface area (Å²) in [5, 5.41) is 3.43. The molecule has 0 spiro atoms. The lowest BCUT2D eigenvalue weighted by molar-refractivity contribution is 0.1000. The second-order valence-corrected chi connectivity index (χ2v) is 9.89. The molecule has 1 aromatic carbocycles. The zero-order valence-electron chi connectivity index (χ0n) is 21.7. The Kier molecular flexibility index (Phi) is 7.02. The minimum Gasteiger partial charge on any atom is -0.372 e. The zero-order chi connectivity index (χ0) is 25.9. The van der Waals surface area contributed by atoms with Gasteiger partial charge in [-0.3, -0.25) is 9.80 Å². The second kappa shape index (κ2) is 10.9. The molecule has 0 aliphatic carbocycles. The predicted molar refractivity (Wildman–Crippen MR) is 147 cm³/mol. The minimum atomic E-state index is -0.510. The number of pyridine rings is 1. The van der Waals surface area contributed by atoms with Crippen molar-refractivity contribution < 1.29 is 4.39 Å². The number of allylic oxidation sites excluding steroid dienone is 2. The molecule has 0 radical (unpaired) electrons. The number of aryl methyl sites for hydroxylation is 1. The van der Waals surface area contributed by atoms with E-state index < -0.39 is 5.95 Å². The van der Waals surface area contributed by atoms with Crippen molar-refractivity contribution in [3.63, 3.8) is 0 Å². The van der Waals surface area contributed by atoms with Crippen molar-refractivity contribution in [3.8, 4) is 11.5 Å². The van der Waals surface area contributed by atoms with E-state index in [1.807, 2.05) is 23.0 Å². The lowest BCUT2D eigenvalue weighted by Gasteiger charge is -2.38. The van der Waals surface area contributed by atoms with Gasteiger partial charge >= 0.3 is 0 Å². The molecule has 0 bridgehead atoms. The molecule has 8 nitrogen and oxygen atoms in total. The number of aromatic nitrogens is 5. The normalized spacial score (nSPS) is 18.3. The number of nitrogens with one attached hydrogen (secondary N) is 1. The number of dihydropyridines is 1. The van der Waals surface area contributed by atoms with Crippen LogP contribution in [0.15, 0.2) is 73.2 Å². The summed E-state index contributed by atoms with van der Waals surface area (Å²) >= 11 is 0. The maximum atomic E-state index is 13.8. The number of benzene rings is 1. The molecule has 9 heteroatoms. The van der Waals surface area contributed by atoms with Crippen LogP contribution in [-0.4, -0.2) is 66.2 Å². The van der Waals surface area contributed by atoms with Crippen molar-refractivity contribution in [3.05, 3.63) is 90.6 Å². The molecule has 1 N–H and O–H groups in total.